The molecular formula is C46H30N2O. The van der Waals surface area contributed by atoms with Crippen LogP contribution >= 0.6 is 0 Å². The fourth-order valence-corrected chi connectivity index (χ4v) is 7.50. The van der Waals surface area contributed by atoms with Crippen molar-refractivity contribution in [1.29, 1.82) is 0 Å². The Morgan fingerprint density at radius 2 is 1.06 bits per heavy atom. The van der Waals surface area contributed by atoms with Crippen LogP contribution in [0.1, 0.15) is 0 Å². The Hall–Kier alpha value is -6.58. The Bertz CT molecular complexity index is 2830. The molecule has 0 radical (unpaired) electrons. The van der Waals surface area contributed by atoms with Gasteiger partial charge in [-0.05, 0) is 83.1 Å². The van der Waals surface area contributed by atoms with Crippen LogP contribution in [0.5, 0.6) is 0 Å². The van der Waals surface area contributed by atoms with Crippen molar-refractivity contribution in [3.63, 3.8) is 0 Å². The van der Waals surface area contributed by atoms with Crippen LogP contribution in [0.4, 0.5) is 17.1 Å². The molecule has 3 nitrogen and oxygen atoms in total. The summed E-state index contributed by atoms with van der Waals surface area (Å²) in [6.07, 6.45) is 0. The van der Waals surface area contributed by atoms with Crippen molar-refractivity contribution in [3.05, 3.63) is 182 Å². The minimum absolute atomic E-state index is 0.870. The molecular weight excluding hydrogens is 597 g/mol. The molecule has 0 fully saturated rings. The molecule has 0 unspecified atom stereocenters. The Balaban J connectivity index is 1.17. The van der Waals surface area contributed by atoms with E-state index in [2.05, 4.69) is 179 Å². The number of fused-ring (bicyclic) bond motifs is 7. The molecule has 0 bridgehead atoms. The first-order valence-electron chi connectivity index (χ1n) is 16.7. The molecule has 0 atom stereocenters. The van der Waals surface area contributed by atoms with E-state index in [-0.39, 0.29) is 0 Å². The Kier molecular flexibility index (Phi) is 6.18. The van der Waals surface area contributed by atoms with E-state index >= 15 is 0 Å². The summed E-state index contributed by atoms with van der Waals surface area (Å²) < 4.78 is 8.77. The van der Waals surface area contributed by atoms with Gasteiger partial charge in [-0.2, -0.15) is 0 Å². The van der Waals surface area contributed by atoms with Gasteiger partial charge in [0.15, 0.2) is 0 Å². The number of rotatable bonds is 5. The van der Waals surface area contributed by atoms with Crippen LogP contribution in [0.25, 0.3) is 71.3 Å². The van der Waals surface area contributed by atoms with Gasteiger partial charge in [-0.25, -0.2) is 0 Å². The maximum Gasteiger partial charge on any atom is 0.137 e. The highest BCUT2D eigenvalue weighted by atomic mass is 16.3. The minimum atomic E-state index is 0.870. The zero-order chi connectivity index (χ0) is 32.3. The third kappa shape index (κ3) is 4.44. The molecule has 0 spiro atoms. The molecule has 8 aromatic carbocycles. The quantitative estimate of drug-likeness (QED) is 0.190. The summed E-state index contributed by atoms with van der Waals surface area (Å²) in [4.78, 5) is 2.35. The number of nitrogens with zero attached hydrogens (tertiary/aromatic N) is 2. The van der Waals surface area contributed by atoms with Crippen LogP contribution in [-0.2, 0) is 0 Å². The fourth-order valence-electron chi connectivity index (χ4n) is 7.50. The lowest BCUT2D eigenvalue weighted by Crippen LogP contribution is -2.11. The van der Waals surface area contributed by atoms with Crippen LogP contribution in [0.2, 0.25) is 0 Å². The van der Waals surface area contributed by atoms with E-state index < -0.39 is 0 Å². The van der Waals surface area contributed by atoms with Crippen molar-refractivity contribution < 1.29 is 4.42 Å². The molecule has 0 aliphatic rings. The van der Waals surface area contributed by atoms with Crippen molar-refractivity contribution in [2.45, 2.75) is 0 Å². The molecule has 0 saturated carbocycles. The summed E-state index contributed by atoms with van der Waals surface area (Å²) in [5, 5.41) is 7.25. The van der Waals surface area contributed by atoms with E-state index in [4.69, 9.17) is 4.42 Å². The minimum Gasteiger partial charge on any atom is -0.456 e. The van der Waals surface area contributed by atoms with E-state index in [0.717, 1.165) is 50.3 Å². The molecule has 3 heteroatoms. The van der Waals surface area contributed by atoms with Gasteiger partial charge < -0.3 is 13.9 Å². The first-order chi connectivity index (χ1) is 24.3. The second kappa shape index (κ2) is 11.0. The summed E-state index contributed by atoms with van der Waals surface area (Å²) in [6, 6.07) is 65.0. The normalized spacial score (nSPS) is 11.7. The highest BCUT2D eigenvalue weighted by molar-refractivity contribution is 6.13. The van der Waals surface area contributed by atoms with Gasteiger partial charge in [-0.1, -0.05) is 109 Å². The van der Waals surface area contributed by atoms with Crippen LogP contribution < -0.4 is 4.90 Å². The largest absolute Gasteiger partial charge is 0.456 e. The van der Waals surface area contributed by atoms with E-state index in [0.29, 0.717) is 0 Å². The molecule has 0 aliphatic heterocycles. The van der Waals surface area contributed by atoms with Crippen molar-refractivity contribution in [1.82, 2.24) is 4.57 Å². The predicted octanol–water partition coefficient (Wildman–Crippen LogP) is 13.0. The second-order valence-electron chi connectivity index (χ2n) is 12.6. The maximum atomic E-state index is 6.38. The SMILES string of the molecule is c1ccc(-c2ccccc2N(c2ccc(-n3c4ccccc4c4cc5ccccc5cc43)cc2)c2ccc3c(c2)oc2ccccc23)cc1. The summed E-state index contributed by atoms with van der Waals surface area (Å²) in [5.74, 6) is 0. The van der Waals surface area contributed by atoms with Gasteiger partial charge in [0.25, 0.3) is 0 Å². The van der Waals surface area contributed by atoms with Crippen LogP contribution in [0.15, 0.2) is 186 Å². The number of hydrogen-bond acceptors (Lipinski definition) is 2. The van der Waals surface area contributed by atoms with Gasteiger partial charge in [-0.3, -0.25) is 0 Å². The highest BCUT2D eigenvalue weighted by Crippen LogP contribution is 2.43. The molecule has 2 aromatic heterocycles. The zero-order valence-electron chi connectivity index (χ0n) is 26.6. The zero-order valence-corrected chi connectivity index (χ0v) is 26.6. The average Bonchev–Trinajstić information content (AvgIpc) is 3.70. The molecule has 0 amide bonds. The van der Waals surface area contributed by atoms with Gasteiger partial charge in [0, 0.05) is 50.2 Å². The van der Waals surface area contributed by atoms with Crippen molar-refractivity contribution in [2.24, 2.45) is 0 Å². The van der Waals surface area contributed by atoms with E-state index in [1.165, 1.54) is 38.1 Å². The lowest BCUT2D eigenvalue weighted by Gasteiger charge is -2.28. The molecule has 10 aromatic rings. The molecule has 0 N–H and O–H groups in total. The monoisotopic (exact) mass is 626 g/mol. The Morgan fingerprint density at radius 3 is 1.92 bits per heavy atom. The average molecular weight is 627 g/mol. The lowest BCUT2D eigenvalue weighted by molar-refractivity contribution is 0.669. The first-order valence-corrected chi connectivity index (χ1v) is 16.7. The third-order valence-electron chi connectivity index (χ3n) is 9.76. The van der Waals surface area contributed by atoms with Crippen molar-refractivity contribution in [2.75, 3.05) is 4.90 Å². The second-order valence-corrected chi connectivity index (χ2v) is 12.6. The third-order valence-corrected chi connectivity index (χ3v) is 9.76. The predicted molar refractivity (Wildman–Crippen MR) is 206 cm³/mol. The molecule has 0 saturated heterocycles. The van der Waals surface area contributed by atoms with Crippen molar-refractivity contribution >= 4 is 71.6 Å². The number of furan rings is 1. The van der Waals surface area contributed by atoms with Gasteiger partial charge in [0.2, 0.25) is 0 Å². The summed E-state index contributed by atoms with van der Waals surface area (Å²) in [7, 11) is 0. The number of aromatic nitrogens is 1. The lowest BCUT2D eigenvalue weighted by atomic mass is 10.0. The van der Waals surface area contributed by atoms with Gasteiger partial charge in [0.1, 0.15) is 11.2 Å². The number of benzene rings is 8. The molecule has 0 aliphatic carbocycles. The van der Waals surface area contributed by atoms with Gasteiger partial charge in [0.05, 0.1) is 16.7 Å². The van der Waals surface area contributed by atoms with E-state index in [9.17, 15) is 0 Å². The highest BCUT2D eigenvalue weighted by Gasteiger charge is 2.20. The van der Waals surface area contributed by atoms with Gasteiger partial charge in [-0.15, -0.1) is 0 Å². The Morgan fingerprint density at radius 1 is 0.408 bits per heavy atom. The smallest absolute Gasteiger partial charge is 0.137 e. The summed E-state index contributed by atoms with van der Waals surface area (Å²) in [6.45, 7) is 0. The standard InChI is InChI=1S/C46H30N2O/c1-2-12-31(13-3-1)37-16-6-9-19-42(37)47(36-26-27-40-39-18-8-11-21-45(39)49-46(40)30-36)34-22-24-35(25-23-34)48-43-20-10-7-17-38(43)41-28-32-14-4-5-15-33(32)29-44(41)48/h1-30H. The number of para-hydroxylation sites is 3. The first kappa shape index (κ1) is 27.5. The fraction of sp³-hybridized carbons (Fsp3) is 0. The van der Waals surface area contributed by atoms with Crippen LogP contribution in [0, 0.1) is 0 Å². The van der Waals surface area contributed by atoms with Crippen molar-refractivity contribution in [3.8, 4) is 16.8 Å². The van der Waals surface area contributed by atoms with E-state index in [1.807, 2.05) is 12.1 Å². The molecule has 230 valence electrons. The Labute approximate surface area is 283 Å². The van der Waals surface area contributed by atoms with Crippen LogP contribution in [0.3, 0.4) is 0 Å². The van der Waals surface area contributed by atoms with Gasteiger partial charge >= 0.3 is 0 Å². The topological polar surface area (TPSA) is 21.3 Å². The summed E-state index contributed by atoms with van der Waals surface area (Å²) >= 11 is 0. The summed E-state index contributed by atoms with van der Waals surface area (Å²) in [5.41, 5.74) is 10.8. The number of anilines is 3. The molecule has 49 heavy (non-hydrogen) atoms. The molecule has 10 rings (SSSR count). The molecule has 2 heterocycles. The van der Waals surface area contributed by atoms with E-state index in [1.54, 1.807) is 0 Å². The number of hydrogen-bond donors (Lipinski definition) is 0. The maximum absolute atomic E-state index is 6.38. The van der Waals surface area contributed by atoms with Crippen LogP contribution in [-0.4, -0.2) is 4.57 Å².